The second-order valence-corrected chi connectivity index (χ2v) is 8.49. The van der Waals surface area contributed by atoms with Crippen LogP contribution in [0, 0.1) is 16.7 Å². The zero-order chi connectivity index (χ0) is 18.1. The lowest BCUT2D eigenvalue weighted by Gasteiger charge is -2.42. The van der Waals surface area contributed by atoms with Crippen molar-refractivity contribution >= 4 is 18.1 Å². The molecule has 3 aliphatic rings. The Kier molecular flexibility index (Phi) is 6.18. The molecule has 2 aliphatic heterocycles. The van der Waals surface area contributed by atoms with Crippen LogP contribution in [0.5, 0.6) is 0 Å². The van der Waals surface area contributed by atoms with Gasteiger partial charge in [0.1, 0.15) is 11.6 Å². The molecule has 3 heterocycles. The number of anilines is 1. The summed E-state index contributed by atoms with van der Waals surface area (Å²) in [6.45, 7) is 5.79. The highest BCUT2D eigenvalue weighted by atomic mass is 35.5. The van der Waals surface area contributed by atoms with Gasteiger partial charge in [-0.25, -0.2) is 0 Å². The number of aromatic nitrogens is 1. The minimum absolute atomic E-state index is 0. The number of nitriles is 1. The number of aromatic amines is 1. The summed E-state index contributed by atoms with van der Waals surface area (Å²) in [4.78, 5) is 18.1. The minimum atomic E-state index is -0.203. The number of H-pyrrole nitrogens is 1. The van der Waals surface area contributed by atoms with E-state index >= 15 is 0 Å². The molecule has 148 valence electrons. The van der Waals surface area contributed by atoms with E-state index in [1.807, 2.05) is 0 Å². The van der Waals surface area contributed by atoms with E-state index in [-0.39, 0.29) is 18.0 Å². The molecule has 1 saturated carbocycles. The van der Waals surface area contributed by atoms with Crippen LogP contribution < -0.4 is 15.8 Å². The predicted octanol–water partition coefficient (Wildman–Crippen LogP) is 3.82. The second kappa shape index (κ2) is 8.24. The average molecular weight is 391 g/mol. The molecule has 0 aromatic carbocycles. The molecule has 1 aromatic heterocycles. The molecular formula is C21H31ClN4O. The van der Waals surface area contributed by atoms with Gasteiger partial charge in [0.05, 0.1) is 5.69 Å². The van der Waals surface area contributed by atoms with Crippen LogP contribution in [0.4, 0.5) is 5.69 Å². The molecule has 1 aromatic rings. The highest BCUT2D eigenvalue weighted by Crippen LogP contribution is 2.47. The molecule has 1 atom stereocenters. The molecule has 1 aliphatic carbocycles. The van der Waals surface area contributed by atoms with Gasteiger partial charge < -0.3 is 15.2 Å². The van der Waals surface area contributed by atoms with Crippen molar-refractivity contribution in [2.24, 2.45) is 5.41 Å². The van der Waals surface area contributed by atoms with Gasteiger partial charge in [-0.05, 0) is 37.5 Å². The van der Waals surface area contributed by atoms with Gasteiger partial charge in [0, 0.05) is 43.4 Å². The molecule has 1 unspecified atom stereocenters. The third-order valence-corrected chi connectivity index (χ3v) is 6.98. The van der Waals surface area contributed by atoms with Crippen LogP contribution in [0.25, 0.3) is 0 Å². The number of hydrogen-bond donors (Lipinski definition) is 2. The van der Waals surface area contributed by atoms with Gasteiger partial charge in [-0.15, -0.1) is 12.4 Å². The van der Waals surface area contributed by atoms with Crippen molar-refractivity contribution in [3.8, 4) is 6.07 Å². The number of pyridine rings is 1. The fourth-order valence-corrected chi connectivity index (χ4v) is 5.52. The quantitative estimate of drug-likeness (QED) is 0.822. The van der Waals surface area contributed by atoms with Crippen molar-refractivity contribution in [1.29, 1.82) is 5.26 Å². The van der Waals surface area contributed by atoms with Gasteiger partial charge in [-0.3, -0.25) is 4.79 Å². The molecule has 2 N–H and O–H groups in total. The lowest BCUT2D eigenvalue weighted by atomic mass is 9.76. The lowest BCUT2D eigenvalue weighted by molar-refractivity contribution is 0.226. The fraction of sp³-hybridized carbons (Fsp3) is 0.714. The van der Waals surface area contributed by atoms with Gasteiger partial charge in [-0.2, -0.15) is 5.26 Å². The molecule has 5 nitrogen and oxygen atoms in total. The number of nitrogens with one attached hydrogen (secondary N) is 2. The maximum absolute atomic E-state index is 12.7. The Hall–Kier alpha value is -1.51. The molecule has 6 heteroatoms. The first kappa shape index (κ1) is 20.2. The zero-order valence-electron chi connectivity index (χ0n) is 16.3. The molecular weight excluding hydrogens is 360 g/mol. The van der Waals surface area contributed by atoms with E-state index in [1.54, 1.807) is 0 Å². The predicted molar refractivity (Wildman–Crippen MR) is 111 cm³/mol. The Morgan fingerprint density at radius 3 is 2.56 bits per heavy atom. The summed E-state index contributed by atoms with van der Waals surface area (Å²) in [5, 5.41) is 13.2. The Morgan fingerprint density at radius 1 is 1.22 bits per heavy atom. The Labute approximate surface area is 167 Å². The average Bonchev–Trinajstić information content (AvgIpc) is 3.10. The summed E-state index contributed by atoms with van der Waals surface area (Å²) in [5.41, 5.74) is 3.80. The summed E-state index contributed by atoms with van der Waals surface area (Å²) >= 11 is 0. The number of rotatable bonds is 3. The van der Waals surface area contributed by atoms with Crippen LogP contribution >= 0.6 is 12.4 Å². The zero-order valence-corrected chi connectivity index (χ0v) is 17.1. The van der Waals surface area contributed by atoms with Crippen molar-refractivity contribution in [3.05, 3.63) is 27.2 Å². The molecule has 1 spiro atoms. The van der Waals surface area contributed by atoms with E-state index in [9.17, 15) is 10.1 Å². The van der Waals surface area contributed by atoms with E-state index < -0.39 is 0 Å². The van der Waals surface area contributed by atoms with Crippen LogP contribution in [0.1, 0.15) is 81.0 Å². The van der Waals surface area contributed by atoms with E-state index in [4.69, 9.17) is 0 Å². The summed E-state index contributed by atoms with van der Waals surface area (Å²) in [6, 6.07) is 2.21. The topological polar surface area (TPSA) is 71.9 Å². The van der Waals surface area contributed by atoms with Crippen molar-refractivity contribution in [1.82, 2.24) is 10.3 Å². The highest BCUT2D eigenvalue weighted by Gasteiger charge is 2.38. The van der Waals surface area contributed by atoms with Gasteiger partial charge >= 0.3 is 0 Å². The summed E-state index contributed by atoms with van der Waals surface area (Å²) in [6.07, 6.45) is 10.0. The highest BCUT2D eigenvalue weighted by molar-refractivity contribution is 5.85. The summed E-state index contributed by atoms with van der Waals surface area (Å²) in [5.74, 6) is 0.342. The van der Waals surface area contributed by atoms with Gasteiger partial charge in [0.25, 0.3) is 5.56 Å². The number of nitrogens with zero attached hydrogens (tertiary/aromatic N) is 2. The third kappa shape index (κ3) is 3.62. The standard InChI is InChI=1S/C21H30N4O.ClH/c1-2-5-15-13-23-14-17-18(15)24-20(26)16(12-22)19(17)25-10-8-21(9-11-25)6-3-4-7-21;/h15,23H,2-11,13-14H2,1H3,(H,24,26);1H. The number of fused-ring (bicyclic) bond motifs is 1. The molecule has 0 amide bonds. The van der Waals surface area contributed by atoms with Crippen molar-refractivity contribution in [3.63, 3.8) is 0 Å². The maximum atomic E-state index is 12.7. The number of halogens is 1. The first-order valence-corrected chi connectivity index (χ1v) is 10.3. The van der Waals surface area contributed by atoms with Crippen LogP contribution in [0.2, 0.25) is 0 Å². The van der Waals surface area contributed by atoms with Gasteiger partial charge in [-0.1, -0.05) is 26.2 Å². The maximum Gasteiger partial charge on any atom is 0.268 e. The van der Waals surface area contributed by atoms with Crippen molar-refractivity contribution in [2.45, 2.75) is 70.8 Å². The Bertz CT molecular complexity index is 766. The molecule has 1 saturated heterocycles. The second-order valence-electron chi connectivity index (χ2n) is 8.49. The van der Waals surface area contributed by atoms with Gasteiger partial charge in [0.2, 0.25) is 0 Å². The fourth-order valence-electron chi connectivity index (χ4n) is 5.52. The molecule has 2 fully saturated rings. The molecule has 27 heavy (non-hydrogen) atoms. The largest absolute Gasteiger partial charge is 0.370 e. The normalized spacial score (nSPS) is 23.6. The van der Waals surface area contributed by atoms with Crippen LogP contribution in [-0.2, 0) is 6.54 Å². The van der Waals surface area contributed by atoms with Crippen LogP contribution in [0.3, 0.4) is 0 Å². The van der Waals surface area contributed by atoms with E-state index in [2.05, 4.69) is 28.2 Å². The Balaban J connectivity index is 0.00000210. The van der Waals surface area contributed by atoms with Crippen LogP contribution in [0.15, 0.2) is 4.79 Å². The third-order valence-electron chi connectivity index (χ3n) is 6.98. The van der Waals surface area contributed by atoms with E-state index in [0.29, 0.717) is 16.9 Å². The minimum Gasteiger partial charge on any atom is -0.370 e. The van der Waals surface area contributed by atoms with E-state index in [0.717, 1.165) is 56.0 Å². The Morgan fingerprint density at radius 2 is 1.93 bits per heavy atom. The summed E-state index contributed by atoms with van der Waals surface area (Å²) < 4.78 is 0. The van der Waals surface area contributed by atoms with Crippen molar-refractivity contribution in [2.75, 3.05) is 24.5 Å². The number of hydrogen-bond acceptors (Lipinski definition) is 4. The van der Waals surface area contributed by atoms with E-state index in [1.165, 1.54) is 38.5 Å². The van der Waals surface area contributed by atoms with Gasteiger partial charge in [0.15, 0.2) is 0 Å². The van der Waals surface area contributed by atoms with Crippen LogP contribution in [-0.4, -0.2) is 24.6 Å². The monoisotopic (exact) mass is 390 g/mol. The molecule has 4 rings (SSSR count). The van der Waals surface area contributed by atoms with Crippen molar-refractivity contribution < 1.29 is 0 Å². The molecule has 0 radical (unpaired) electrons. The first-order valence-electron chi connectivity index (χ1n) is 10.3. The number of piperidine rings is 1. The smallest absolute Gasteiger partial charge is 0.268 e. The molecule has 0 bridgehead atoms. The SMILES string of the molecule is CCCC1CNCc2c1[nH]c(=O)c(C#N)c2N1CCC2(CCCC2)CC1.Cl. The summed E-state index contributed by atoms with van der Waals surface area (Å²) in [7, 11) is 0. The lowest BCUT2D eigenvalue weighted by Crippen LogP contribution is -2.42. The first-order chi connectivity index (χ1) is 12.7.